The summed E-state index contributed by atoms with van der Waals surface area (Å²) in [6, 6.07) is 10.6. The van der Waals surface area contributed by atoms with Crippen molar-refractivity contribution in [3.05, 3.63) is 35.9 Å². The number of rotatable bonds is 5. The van der Waals surface area contributed by atoms with Gasteiger partial charge in [-0.1, -0.05) is 43.7 Å². The van der Waals surface area contributed by atoms with Crippen LogP contribution in [0.25, 0.3) is 0 Å². The van der Waals surface area contributed by atoms with Gasteiger partial charge in [-0.3, -0.25) is 4.99 Å². The lowest BCUT2D eigenvalue weighted by Gasteiger charge is -2.05. The average Bonchev–Trinajstić information content (AvgIpc) is 3.10. The molecule has 1 aliphatic rings. The van der Waals surface area contributed by atoms with E-state index in [1.54, 1.807) is 0 Å². The Hall–Kier alpha value is -1.11. The molecule has 1 fully saturated rings. The fraction of sp³-hybridized carbons (Fsp3) is 0.500. The van der Waals surface area contributed by atoms with Crippen LogP contribution in [0.4, 0.5) is 0 Å². The first kappa shape index (κ1) is 10.4. The second kappa shape index (κ2) is 5.11. The largest absolute Gasteiger partial charge is 0.289 e. The van der Waals surface area contributed by atoms with E-state index in [0.29, 0.717) is 0 Å². The molecule has 0 radical (unpaired) electrons. The van der Waals surface area contributed by atoms with Crippen molar-refractivity contribution in [3.8, 4) is 0 Å². The maximum Gasteiger partial charge on any atom is 0.0451 e. The van der Waals surface area contributed by atoms with E-state index in [1.165, 1.54) is 37.0 Å². The molecule has 0 bridgehead atoms. The van der Waals surface area contributed by atoms with Gasteiger partial charge in [-0.05, 0) is 24.8 Å². The maximum atomic E-state index is 4.76. The molecule has 0 aromatic heterocycles. The summed E-state index contributed by atoms with van der Waals surface area (Å²) in [5, 5.41) is 0. The number of benzene rings is 1. The highest BCUT2D eigenvalue weighted by Crippen LogP contribution is 2.33. The molecule has 1 aromatic carbocycles. The van der Waals surface area contributed by atoms with E-state index in [0.717, 1.165) is 12.5 Å². The summed E-state index contributed by atoms with van der Waals surface area (Å²) in [5.41, 5.74) is 2.68. The van der Waals surface area contributed by atoms with Crippen LogP contribution in [0.15, 0.2) is 35.3 Å². The van der Waals surface area contributed by atoms with E-state index in [-0.39, 0.29) is 0 Å². The fourth-order valence-corrected chi connectivity index (χ4v) is 1.78. The molecule has 0 saturated heterocycles. The van der Waals surface area contributed by atoms with Crippen molar-refractivity contribution in [1.82, 2.24) is 0 Å². The van der Waals surface area contributed by atoms with Gasteiger partial charge in [0.25, 0.3) is 0 Å². The van der Waals surface area contributed by atoms with E-state index >= 15 is 0 Å². The Morgan fingerprint density at radius 2 is 2.00 bits per heavy atom. The molecule has 0 heterocycles. The molecule has 1 nitrogen and oxygen atoms in total. The lowest BCUT2D eigenvalue weighted by Crippen LogP contribution is -2.04. The molecule has 0 spiro atoms. The Bertz CT molecular complexity index is 322. The summed E-state index contributed by atoms with van der Waals surface area (Å²) in [7, 11) is 0. The Kier molecular flexibility index (Phi) is 3.54. The summed E-state index contributed by atoms with van der Waals surface area (Å²) < 4.78 is 0. The average molecular weight is 201 g/mol. The van der Waals surface area contributed by atoms with Gasteiger partial charge >= 0.3 is 0 Å². The van der Waals surface area contributed by atoms with Gasteiger partial charge < -0.3 is 0 Å². The molecule has 0 N–H and O–H groups in total. The van der Waals surface area contributed by atoms with Gasteiger partial charge in [-0.15, -0.1) is 0 Å². The molecule has 1 aliphatic carbocycles. The van der Waals surface area contributed by atoms with Crippen LogP contribution in [-0.4, -0.2) is 12.3 Å². The summed E-state index contributed by atoms with van der Waals surface area (Å²) in [5.74, 6) is 0.754. The minimum atomic E-state index is 0.754. The van der Waals surface area contributed by atoms with Crippen molar-refractivity contribution < 1.29 is 0 Å². The Balaban J connectivity index is 2.09. The topological polar surface area (TPSA) is 12.4 Å². The number of hydrogen-bond donors (Lipinski definition) is 0. The Morgan fingerprint density at radius 3 is 2.60 bits per heavy atom. The summed E-state index contributed by atoms with van der Waals surface area (Å²) >= 11 is 0. The predicted octanol–water partition coefficient (Wildman–Crippen LogP) is 3.69. The second-order valence-corrected chi connectivity index (χ2v) is 4.26. The molecular formula is C14H19N. The van der Waals surface area contributed by atoms with Crippen molar-refractivity contribution in [1.29, 1.82) is 0 Å². The molecule has 15 heavy (non-hydrogen) atoms. The van der Waals surface area contributed by atoms with Crippen molar-refractivity contribution in [2.75, 3.05) is 6.54 Å². The van der Waals surface area contributed by atoms with Crippen LogP contribution in [0.3, 0.4) is 0 Å². The first-order valence-electron chi connectivity index (χ1n) is 6.01. The molecular weight excluding hydrogens is 182 g/mol. The zero-order valence-electron chi connectivity index (χ0n) is 9.45. The van der Waals surface area contributed by atoms with Crippen molar-refractivity contribution in [3.63, 3.8) is 0 Å². The summed E-state index contributed by atoms with van der Waals surface area (Å²) in [4.78, 5) is 4.76. The number of unbranched alkanes of at least 4 members (excludes halogenated alkanes) is 1. The third-order valence-electron chi connectivity index (χ3n) is 2.83. The lowest BCUT2D eigenvalue weighted by molar-refractivity contribution is 0.804. The van der Waals surface area contributed by atoms with Crippen molar-refractivity contribution in [2.24, 2.45) is 10.9 Å². The van der Waals surface area contributed by atoms with Gasteiger partial charge in [0.05, 0.1) is 0 Å². The normalized spacial score (nSPS) is 16.7. The van der Waals surface area contributed by atoms with Crippen molar-refractivity contribution >= 4 is 5.71 Å². The lowest BCUT2D eigenvalue weighted by atomic mass is 10.1. The highest BCUT2D eigenvalue weighted by molar-refractivity contribution is 6.03. The molecule has 0 unspecified atom stereocenters. The van der Waals surface area contributed by atoms with Crippen molar-refractivity contribution in [2.45, 2.75) is 32.6 Å². The van der Waals surface area contributed by atoms with Gasteiger partial charge in [0.1, 0.15) is 0 Å². The van der Waals surface area contributed by atoms with Crippen LogP contribution in [0, 0.1) is 5.92 Å². The number of nitrogens with zero attached hydrogens (tertiary/aromatic N) is 1. The van der Waals surface area contributed by atoms with E-state index < -0.39 is 0 Å². The Morgan fingerprint density at radius 1 is 1.27 bits per heavy atom. The van der Waals surface area contributed by atoms with Crippen LogP contribution in [0.5, 0.6) is 0 Å². The van der Waals surface area contributed by atoms with E-state index in [1.807, 2.05) is 0 Å². The molecule has 0 amide bonds. The highest BCUT2D eigenvalue weighted by atomic mass is 14.7. The molecule has 0 aliphatic heterocycles. The zero-order chi connectivity index (χ0) is 10.5. The smallest absolute Gasteiger partial charge is 0.0451 e. The molecule has 1 aromatic rings. The van der Waals surface area contributed by atoms with Crippen LogP contribution < -0.4 is 0 Å². The predicted molar refractivity (Wildman–Crippen MR) is 65.5 cm³/mol. The van der Waals surface area contributed by atoms with E-state index in [2.05, 4.69) is 37.3 Å². The van der Waals surface area contributed by atoms with Gasteiger partial charge in [-0.2, -0.15) is 0 Å². The number of hydrogen-bond acceptors (Lipinski definition) is 1. The highest BCUT2D eigenvalue weighted by Gasteiger charge is 2.27. The third-order valence-corrected chi connectivity index (χ3v) is 2.83. The van der Waals surface area contributed by atoms with Crippen LogP contribution in [-0.2, 0) is 0 Å². The fourth-order valence-electron chi connectivity index (χ4n) is 1.78. The minimum absolute atomic E-state index is 0.754. The third kappa shape index (κ3) is 2.92. The first-order chi connectivity index (χ1) is 7.42. The van der Waals surface area contributed by atoms with Gasteiger partial charge in [0.2, 0.25) is 0 Å². The van der Waals surface area contributed by atoms with Gasteiger partial charge in [0, 0.05) is 18.2 Å². The number of aliphatic imine (C=N–C) groups is 1. The van der Waals surface area contributed by atoms with Gasteiger partial charge in [-0.25, -0.2) is 0 Å². The van der Waals surface area contributed by atoms with Crippen LogP contribution in [0.1, 0.15) is 38.2 Å². The maximum absolute atomic E-state index is 4.76. The SMILES string of the molecule is CCCCN=C(c1ccccc1)C1CC1. The monoisotopic (exact) mass is 201 g/mol. The zero-order valence-corrected chi connectivity index (χ0v) is 9.45. The molecule has 1 saturated carbocycles. The molecule has 2 rings (SSSR count). The Labute approximate surface area is 92.2 Å². The standard InChI is InChI=1S/C14H19N/c1-2-3-11-15-14(13-9-10-13)12-7-5-4-6-8-12/h4-8,13H,2-3,9-11H2,1H3. The molecule has 0 atom stereocenters. The second-order valence-electron chi connectivity index (χ2n) is 4.26. The summed E-state index contributed by atoms with van der Waals surface area (Å²) in [6.07, 6.45) is 5.11. The van der Waals surface area contributed by atoms with E-state index in [4.69, 9.17) is 4.99 Å². The minimum Gasteiger partial charge on any atom is -0.289 e. The van der Waals surface area contributed by atoms with E-state index in [9.17, 15) is 0 Å². The quantitative estimate of drug-likeness (QED) is 0.509. The summed E-state index contributed by atoms with van der Waals surface area (Å²) in [6.45, 7) is 3.21. The first-order valence-corrected chi connectivity index (χ1v) is 6.01. The molecule has 1 heteroatoms. The van der Waals surface area contributed by atoms with Crippen LogP contribution in [0.2, 0.25) is 0 Å². The van der Waals surface area contributed by atoms with Gasteiger partial charge in [0.15, 0.2) is 0 Å². The van der Waals surface area contributed by atoms with Crippen LogP contribution >= 0.6 is 0 Å². The molecule has 80 valence electrons.